The Morgan fingerprint density at radius 2 is 2.00 bits per heavy atom. The molecule has 0 radical (unpaired) electrons. The lowest BCUT2D eigenvalue weighted by atomic mass is 10.0. The Hall–Kier alpha value is -1.35. The van der Waals surface area contributed by atoms with Crippen molar-refractivity contribution >= 4 is 11.6 Å². The summed E-state index contributed by atoms with van der Waals surface area (Å²) in [5.74, 6) is 0.179. The van der Waals surface area contributed by atoms with Gasteiger partial charge in [0.25, 0.3) is 0 Å². The van der Waals surface area contributed by atoms with E-state index in [-0.39, 0.29) is 11.9 Å². The van der Waals surface area contributed by atoms with Crippen LogP contribution in [0.3, 0.4) is 0 Å². The molecule has 0 bridgehead atoms. The van der Waals surface area contributed by atoms with Crippen molar-refractivity contribution in [2.24, 2.45) is 0 Å². The number of carbonyl (C=O) groups excluding carboxylic acids is 1. The molecule has 0 aromatic heterocycles. The molecule has 2 rings (SSSR count). The molecule has 0 fully saturated rings. The fraction of sp³-hybridized carbons (Fsp3) is 0.500. The number of hydrogen-bond donors (Lipinski definition) is 1. The van der Waals surface area contributed by atoms with Gasteiger partial charge in [0, 0.05) is 12.1 Å². The summed E-state index contributed by atoms with van der Waals surface area (Å²) in [7, 11) is 0. The zero-order valence-electron chi connectivity index (χ0n) is 11.0. The molecule has 1 N–H and O–H groups in total. The highest BCUT2D eigenvalue weighted by Gasteiger charge is 2.36. The molecular formula is C14H20N2O. The summed E-state index contributed by atoms with van der Waals surface area (Å²) in [6.45, 7) is 9.75. The van der Waals surface area contributed by atoms with Crippen LogP contribution in [0, 0.1) is 13.8 Å². The summed E-state index contributed by atoms with van der Waals surface area (Å²) in [6.07, 6.45) is 0. The fourth-order valence-corrected chi connectivity index (χ4v) is 2.70. The van der Waals surface area contributed by atoms with E-state index in [1.807, 2.05) is 18.7 Å². The van der Waals surface area contributed by atoms with E-state index >= 15 is 0 Å². The maximum Gasteiger partial charge on any atom is 0.248 e. The molecular weight excluding hydrogens is 212 g/mol. The van der Waals surface area contributed by atoms with Crippen molar-refractivity contribution in [3.8, 4) is 0 Å². The number of amides is 1. The molecule has 1 atom stereocenters. The van der Waals surface area contributed by atoms with Gasteiger partial charge in [0.05, 0.1) is 5.69 Å². The first-order chi connectivity index (χ1) is 8.10. The highest BCUT2D eigenvalue weighted by molar-refractivity contribution is 6.05. The third kappa shape index (κ3) is 1.84. The first-order valence-corrected chi connectivity index (χ1v) is 6.26. The van der Waals surface area contributed by atoms with Gasteiger partial charge in [-0.1, -0.05) is 24.6 Å². The number of carbonyl (C=O) groups is 1. The molecule has 0 aliphatic carbocycles. The van der Waals surface area contributed by atoms with Crippen molar-refractivity contribution in [2.75, 3.05) is 18.0 Å². The Morgan fingerprint density at radius 1 is 1.29 bits per heavy atom. The third-order valence-corrected chi connectivity index (χ3v) is 3.29. The average molecular weight is 232 g/mol. The van der Waals surface area contributed by atoms with Gasteiger partial charge >= 0.3 is 0 Å². The number of fused-ring (bicyclic) bond motifs is 1. The Kier molecular flexibility index (Phi) is 3.20. The van der Waals surface area contributed by atoms with Crippen LogP contribution in [-0.4, -0.2) is 19.0 Å². The van der Waals surface area contributed by atoms with Crippen LogP contribution in [0.2, 0.25) is 0 Å². The molecule has 1 aliphatic rings. The van der Waals surface area contributed by atoms with Crippen molar-refractivity contribution in [2.45, 2.75) is 33.7 Å². The summed E-state index contributed by atoms with van der Waals surface area (Å²) < 4.78 is 0. The number of likely N-dealkylation sites (N-methyl/N-ethyl adjacent to an activating group) is 2. The smallest absolute Gasteiger partial charge is 0.248 e. The van der Waals surface area contributed by atoms with E-state index in [1.54, 1.807) is 0 Å². The number of hydrogen-bond acceptors (Lipinski definition) is 2. The minimum atomic E-state index is -0.159. The molecule has 3 nitrogen and oxygen atoms in total. The number of nitrogens with zero attached hydrogens (tertiary/aromatic N) is 1. The molecule has 0 spiro atoms. The minimum absolute atomic E-state index is 0.159. The van der Waals surface area contributed by atoms with Gasteiger partial charge in [-0.2, -0.15) is 0 Å². The summed E-state index contributed by atoms with van der Waals surface area (Å²) in [6, 6.07) is 4.11. The first-order valence-electron chi connectivity index (χ1n) is 6.26. The second-order valence-electron chi connectivity index (χ2n) is 4.59. The lowest BCUT2D eigenvalue weighted by Crippen LogP contribution is -2.34. The summed E-state index contributed by atoms with van der Waals surface area (Å²) in [5, 5.41) is 3.28. The number of rotatable bonds is 3. The van der Waals surface area contributed by atoms with Crippen LogP contribution in [0.25, 0.3) is 0 Å². The van der Waals surface area contributed by atoms with Gasteiger partial charge in [-0.15, -0.1) is 0 Å². The van der Waals surface area contributed by atoms with E-state index in [2.05, 4.69) is 31.3 Å². The van der Waals surface area contributed by atoms with Crippen LogP contribution in [0.4, 0.5) is 5.69 Å². The molecule has 3 heteroatoms. The van der Waals surface area contributed by atoms with Crippen LogP contribution >= 0.6 is 0 Å². The predicted octanol–water partition coefficient (Wildman–Crippen LogP) is 2.32. The summed E-state index contributed by atoms with van der Waals surface area (Å²) in [4.78, 5) is 14.2. The fourth-order valence-electron chi connectivity index (χ4n) is 2.70. The minimum Gasteiger partial charge on any atom is -0.310 e. The molecule has 1 aromatic carbocycles. The van der Waals surface area contributed by atoms with E-state index in [0.29, 0.717) is 0 Å². The molecule has 1 aliphatic heterocycles. The number of benzene rings is 1. The highest BCUT2D eigenvalue weighted by atomic mass is 16.2. The monoisotopic (exact) mass is 232 g/mol. The van der Waals surface area contributed by atoms with Crippen LogP contribution in [-0.2, 0) is 4.79 Å². The Bertz CT molecular complexity index is 454. The zero-order valence-corrected chi connectivity index (χ0v) is 11.0. The van der Waals surface area contributed by atoms with Crippen LogP contribution in [0.15, 0.2) is 12.1 Å². The van der Waals surface area contributed by atoms with Gasteiger partial charge in [0.1, 0.15) is 6.04 Å². The number of nitrogens with one attached hydrogen (secondary N) is 1. The molecule has 1 heterocycles. The SMILES string of the molecule is CCNC1C(=O)N(CC)c2c(C)cc(C)cc21. The van der Waals surface area contributed by atoms with Crippen molar-refractivity contribution in [3.63, 3.8) is 0 Å². The molecule has 1 amide bonds. The van der Waals surface area contributed by atoms with Crippen molar-refractivity contribution in [1.29, 1.82) is 0 Å². The van der Waals surface area contributed by atoms with E-state index in [1.165, 1.54) is 11.1 Å². The second-order valence-corrected chi connectivity index (χ2v) is 4.59. The van der Waals surface area contributed by atoms with Gasteiger partial charge in [0.2, 0.25) is 5.91 Å². The van der Waals surface area contributed by atoms with E-state index in [4.69, 9.17) is 0 Å². The Labute approximate surface area is 103 Å². The van der Waals surface area contributed by atoms with Crippen LogP contribution in [0.1, 0.15) is 36.6 Å². The number of aryl methyl sites for hydroxylation is 2. The first kappa shape index (κ1) is 12.1. The zero-order chi connectivity index (χ0) is 12.6. The molecule has 92 valence electrons. The van der Waals surface area contributed by atoms with Crippen LogP contribution < -0.4 is 10.2 Å². The van der Waals surface area contributed by atoms with Crippen molar-refractivity contribution in [1.82, 2.24) is 5.32 Å². The maximum absolute atomic E-state index is 12.3. The largest absolute Gasteiger partial charge is 0.310 e. The van der Waals surface area contributed by atoms with Gasteiger partial charge in [-0.25, -0.2) is 0 Å². The molecule has 17 heavy (non-hydrogen) atoms. The van der Waals surface area contributed by atoms with Gasteiger partial charge in [-0.05, 0) is 32.9 Å². The van der Waals surface area contributed by atoms with Gasteiger partial charge in [-0.3, -0.25) is 4.79 Å². The lowest BCUT2D eigenvalue weighted by Gasteiger charge is -2.17. The van der Waals surface area contributed by atoms with Crippen LogP contribution in [0.5, 0.6) is 0 Å². The summed E-state index contributed by atoms with van der Waals surface area (Å²) >= 11 is 0. The normalized spacial score (nSPS) is 18.7. The third-order valence-electron chi connectivity index (χ3n) is 3.29. The van der Waals surface area contributed by atoms with Crippen molar-refractivity contribution in [3.05, 3.63) is 28.8 Å². The van der Waals surface area contributed by atoms with E-state index < -0.39 is 0 Å². The molecule has 1 unspecified atom stereocenters. The summed E-state index contributed by atoms with van der Waals surface area (Å²) in [5.41, 5.74) is 4.65. The average Bonchev–Trinajstić information content (AvgIpc) is 2.53. The van der Waals surface area contributed by atoms with Gasteiger partial charge in [0.15, 0.2) is 0 Å². The Morgan fingerprint density at radius 3 is 2.59 bits per heavy atom. The predicted molar refractivity (Wildman–Crippen MR) is 70.4 cm³/mol. The lowest BCUT2D eigenvalue weighted by molar-refractivity contribution is -0.119. The second kappa shape index (κ2) is 4.49. The molecule has 0 saturated heterocycles. The highest BCUT2D eigenvalue weighted by Crippen LogP contribution is 2.38. The number of anilines is 1. The van der Waals surface area contributed by atoms with Gasteiger partial charge < -0.3 is 10.2 Å². The standard InChI is InChI=1S/C14H20N2O/c1-5-15-12-11-8-9(3)7-10(4)13(11)16(6-2)14(12)17/h7-8,12,15H,5-6H2,1-4H3. The maximum atomic E-state index is 12.3. The Balaban J connectivity index is 2.56. The quantitative estimate of drug-likeness (QED) is 0.867. The van der Waals surface area contributed by atoms with E-state index in [9.17, 15) is 4.79 Å². The molecule has 1 aromatic rings. The molecule has 0 saturated carbocycles. The topological polar surface area (TPSA) is 32.3 Å². The van der Waals surface area contributed by atoms with E-state index in [0.717, 1.165) is 24.3 Å². The van der Waals surface area contributed by atoms with Crippen molar-refractivity contribution < 1.29 is 4.79 Å².